The van der Waals surface area contributed by atoms with Gasteiger partial charge < -0.3 is 19.6 Å². The molecule has 0 spiro atoms. The van der Waals surface area contributed by atoms with E-state index in [2.05, 4.69) is 5.32 Å². The molecule has 116 valence electrons. The average molecular weight is 299 g/mol. The summed E-state index contributed by atoms with van der Waals surface area (Å²) in [6.07, 6.45) is 1.37. The van der Waals surface area contributed by atoms with E-state index in [1.807, 2.05) is 42.5 Å². The fraction of sp³-hybridized carbons (Fsp3) is 0.278. The quantitative estimate of drug-likeness (QED) is 0.840. The first-order valence-corrected chi connectivity index (χ1v) is 7.20. The zero-order valence-electron chi connectivity index (χ0n) is 13.2. The highest BCUT2D eigenvalue weighted by Gasteiger charge is 2.05. The number of Topliss-reactive ketones (excluding diaryl/α,β-unsaturated/α-hetero) is 1. The monoisotopic (exact) mass is 299 g/mol. The maximum atomic E-state index is 11.0. The van der Waals surface area contributed by atoms with Gasteiger partial charge in [0.2, 0.25) is 0 Å². The van der Waals surface area contributed by atoms with Crippen LogP contribution in [0.25, 0.3) is 0 Å². The molecule has 2 rings (SSSR count). The molecule has 0 saturated carbocycles. The lowest BCUT2D eigenvalue weighted by atomic mass is 10.1. The molecule has 0 aromatic heterocycles. The van der Waals surface area contributed by atoms with Gasteiger partial charge in [-0.2, -0.15) is 0 Å². The Kier molecular flexibility index (Phi) is 5.42. The molecule has 0 bridgehead atoms. The molecule has 0 aliphatic rings. The number of hydrogen-bond acceptors (Lipinski definition) is 4. The van der Waals surface area contributed by atoms with Gasteiger partial charge in [-0.15, -0.1) is 0 Å². The fourth-order valence-electron chi connectivity index (χ4n) is 2.16. The summed E-state index contributed by atoms with van der Waals surface area (Å²) in [6, 6.07) is 13.8. The van der Waals surface area contributed by atoms with Crippen molar-refractivity contribution in [3.8, 4) is 11.5 Å². The second kappa shape index (κ2) is 7.50. The number of rotatable bonds is 7. The van der Waals surface area contributed by atoms with Crippen LogP contribution in [0.15, 0.2) is 42.5 Å². The molecule has 0 atom stereocenters. The van der Waals surface area contributed by atoms with Crippen LogP contribution >= 0.6 is 0 Å². The van der Waals surface area contributed by atoms with E-state index in [4.69, 9.17) is 9.47 Å². The van der Waals surface area contributed by atoms with E-state index in [9.17, 15) is 4.79 Å². The zero-order chi connectivity index (χ0) is 15.9. The van der Waals surface area contributed by atoms with E-state index in [0.29, 0.717) is 17.9 Å². The van der Waals surface area contributed by atoms with Gasteiger partial charge in [-0.3, -0.25) is 0 Å². The first-order valence-electron chi connectivity index (χ1n) is 7.20. The van der Waals surface area contributed by atoms with Crippen LogP contribution in [-0.4, -0.2) is 20.0 Å². The topological polar surface area (TPSA) is 47.6 Å². The van der Waals surface area contributed by atoms with Crippen molar-refractivity contribution in [2.24, 2.45) is 0 Å². The van der Waals surface area contributed by atoms with Crippen LogP contribution in [0.4, 0.5) is 11.4 Å². The minimum Gasteiger partial charge on any atom is -0.493 e. The highest BCUT2D eigenvalue weighted by atomic mass is 16.5. The van der Waals surface area contributed by atoms with E-state index >= 15 is 0 Å². The average Bonchev–Trinajstić information content (AvgIpc) is 2.54. The maximum Gasteiger partial charge on any atom is 0.162 e. The second-order valence-corrected chi connectivity index (χ2v) is 5.09. The molecule has 1 N–H and O–H groups in total. The number of aryl methyl sites for hydroxylation is 1. The number of hydrogen-bond donors (Lipinski definition) is 1. The van der Waals surface area contributed by atoms with Crippen molar-refractivity contribution < 1.29 is 14.3 Å². The summed E-state index contributed by atoms with van der Waals surface area (Å²) in [5.41, 5.74) is 3.07. The molecule has 0 saturated heterocycles. The summed E-state index contributed by atoms with van der Waals surface area (Å²) in [4.78, 5) is 11.0. The van der Waals surface area contributed by atoms with Gasteiger partial charge in [0.15, 0.2) is 11.5 Å². The van der Waals surface area contributed by atoms with E-state index in [1.165, 1.54) is 0 Å². The minimum absolute atomic E-state index is 0.215. The van der Waals surface area contributed by atoms with Gasteiger partial charge in [-0.05, 0) is 43.2 Å². The van der Waals surface area contributed by atoms with Crippen LogP contribution < -0.4 is 14.8 Å². The SMILES string of the molecule is COc1ccc(Nc2ccc(CCC(C)=O)cc2)cc1OC. The number of methoxy groups -OCH3 is 2. The molecular formula is C18H21NO3. The number of ether oxygens (including phenoxy) is 2. The Morgan fingerprint density at radius 2 is 1.59 bits per heavy atom. The molecule has 2 aromatic carbocycles. The number of ketones is 1. The number of benzene rings is 2. The number of anilines is 2. The molecule has 2 aromatic rings. The molecule has 0 aliphatic carbocycles. The summed E-state index contributed by atoms with van der Waals surface area (Å²) in [7, 11) is 3.23. The third-order valence-electron chi connectivity index (χ3n) is 3.39. The van der Waals surface area contributed by atoms with Crippen molar-refractivity contribution >= 4 is 17.2 Å². The van der Waals surface area contributed by atoms with Gasteiger partial charge in [0.05, 0.1) is 14.2 Å². The summed E-state index contributed by atoms with van der Waals surface area (Å²) >= 11 is 0. The third kappa shape index (κ3) is 4.25. The van der Waals surface area contributed by atoms with Crippen LogP contribution in [0.1, 0.15) is 18.9 Å². The van der Waals surface area contributed by atoms with Crippen molar-refractivity contribution in [3.63, 3.8) is 0 Å². The van der Waals surface area contributed by atoms with E-state index in [-0.39, 0.29) is 5.78 Å². The normalized spacial score (nSPS) is 10.1. The van der Waals surface area contributed by atoms with Crippen molar-refractivity contribution in [1.82, 2.24) is 0 Å². The van der Waals surface area contributed by atoms with Crippen LogP contribution in [0.3, 0.4) is 0 Å². The van der Waals surface area contributed by atoms with E-state index in [0.717, 1.165) is 23.4 Å². The lowest BCUT2D eigenvalue weighted by Crippen LogP contribution is -1.96. The standard InChI is InChI=1S/C18H21NO3/c1-13(20)4-5-14-6-8-15(9-7-14)19-16-10-11-17(21-2)18(12-16)22-3/h6-12,19H,4-5H2,1-3H3. The molecule has 4 heteroatoms. The molecule has 22 heavy (non-hydrogen) atoms. The summed E-state index contributed by atoms with van der Waals surface area (Å²) in [5.74, 6) is 1.60. The first kappa shape index (κ1) is 15.9. The molecule has 0 aliphatic heterocycles. The van der Waals surface area contributed by atoms with E-state index in [1.54, 1.807) is 21.1 Å². The number of carbonyl (C=O) groups is 1. The zero-order valence-corrected chi connectivity index (χ0v) is 13.2. The van der Waals surface area contributed by atoms with Gasteiger partial charge in [0.25, 0.3) is 0 Å². The molecule has 0 fully saturated rings. The highest BCUT2D eigenvalue weighted by molar-refractivity contribution is 5.75. The van der Waals surface area contributed by atoms with Gasteiger partial charge in [-0.25, -0.2) is 0 Å². The molecule has 4 nitrogen and oxygen atoms in total. The summed E-state index contributed by atoms with van der Waals surface area (Å²) in [6.45, 7) is 1.62. The highest BCUT2D eigenvalue weighted by Crippen LogP contribution is 2.31. The molecule has 0 unspecified atom stereocenters. The lowest BCUT2D eigenvalue weighted by molar-refractivity contribution is -0.116. The van der Waals surface area contributed by atoms with Gasteiger partial charge in [-0.1, -0.05) is 12.1 Å². The summed E-state index contributed by atoms with van der Waals surface area (Å²) < 4.78 is 10.5. The van der Waals surface area contributed by atoms with Crippen molar-refractivity contribution in [3.05, 3.63) is 48.0 Å². The van der Waals surface area contributed by atoms with Crippen LogP contribution in [-0.2, 0) is 11.2 Å². The molecule has 0 radical (unpaired) electrons. The lowest BCUT2D eigenvalue weighted by Gasteiger charge is -2.11. The predicted octanol–water partition coefficient (Wildman–Crippen LogP) is 3.97. The predicted molar refractivity (Wildman–Crippen MR) is 88.3 cm³/mol. The Morgan fingerprint density at radius 1 is 0.955 bits per heavy atom. The fourth-order valence-corrected chi connectivity index (χ4v) is 2.16. The summed E-state index contributed by atoms with van der Waals surface area (Å²) in [5, 5.41) is 3.32. The maximum absolute atomic E-state index is 11.0. The third-order valence-corrected chi connectivity index (χ3v) is 3.39. The molecule has 0 heterocycles. The van der Waals surface area contributed by atoms with Gasteiger partial charge in [0, 0.05) is 23.9 Å². The smallest absolute Gasteiger partial charge is 0.162 e. The number of carbonyl (C=O) groups excluding carboxylic acids is 1. The Hall–Kier alpha value is -2.49. The largest absolute Gasteiger partial charge is 0.493 e. The van der Waals surface area contributed by atoms with Gasteiger partial charge in [0.1, 0.15) is 5.78 Å². The van der Waals surface area contributed by atoms with Crippen LogP contribution in [0, 0.1) is 0 Å². The Bertz CT molecular complexity index is 635. The Labute approximate surface area is 131 Å². The van der Waals surface area contributed by atoms with Crippen molar-refractivity contribution in [2.45, 2.75) is 19.8 Å². The minimum atomic E-state index is 0.215. The first-order chi connectivity index (χ1) is 10.6. The Morgan fingerprint density at radius 3 is 2.18 bits per heavy atom. The van der Waals surface area contributed by atoms with Crippen molar-refractivity contribution in [1.29, 1.82) is 0 Å². The number of nitrogens with one attached hydrogen (secondary N) is 1. The van der Waals surface area contributed by atoms with Crippen molar-refractivity contribution in [2.75, 3.05) is 19.5 Å². The Balaban J connectivity index is 2.05. The van der Waals surface area contributed by atoms with Crippen LogP contribution in [0.2, 0.25) is 0 Å². The molecule has 0 amide bonds. The second-order valence-electron chi connectivity index (χ2n) is 5.09. The van der Waals surface area contributed by atoms with E-state index < -0.39 is 0 Å². The van der Waals surface area contributed by atoms with Gasteiger partial charge >= 0.3 is 0 Å². The van der Waals surface area contributed by atoms with Crippen LogP contribution in [0.5, 0.6) is 11.5 Å². The molecular weight excluding hydrogens is 278 g/mol.